The van der Waals surface area contributed by atoms with E-state index in [-0.39, 0.29) is 0 Å². The minimum atomic E-state index is 0.781. The smallest absolute Gasteiger partial charge is 0.193 e. The third kappa shape index (κ3) is 3.66. The van der Waals surface area contributed by atoms with Crippen molar-refractivity contribution >= 4 is 17.6 Å². The van der Waals surface area contributed by atoms with Crippen LogP contribution in [0.2, 0.25) is 5.02 Å². The maximum absolute atomic E-state index is 6.01. The van der Waals surface area contributed by atoms with Crippen molar-refractivity contribution in [3.05, 3.63) is 23.0 Å². The maximum atomic E-state index is 6.01. The van der Waals surface area contributed by atoms with E-state index < -0.39 is 0 Å². The van der Waals surface area contributed by atoms with Crippen molar-refractivity contribution in [2.75, 3.05) is 20.6 Å². The fraction of sp³-hybridized carbons (Fsp3) is 0.643. The molecule has 1 aliphatic carbocycles. The first kappa shape index (κ1) is 14.3. The monoisotopic (exact) mass is 282 g/mol. The normalized spacial score (nSPS) is 16.3. The quantitative estimate of drug-likeness (QED) is 0.680. The van der Waals surface area contributed by atoms with Crippen LogP contribution in [0.5, 0.6) is 0 Å². The highest BCUT2D eigenvalue weighted by Gasteiger charge is 2.18. The van der Waals surface area contributed by atoms with Gasteiger partial charge in [0, 0.05) is 39.6 Å². The van der Waals surface area contributed by atoms with Crippen LogP contribution in [0.1, 0.15) is 25.0 Å². The fourth-order valence-corrected chi connectivity index (χ4v) is 2.63. The van der Waals surface area contributed by atoms with E-state index in [4.69, 9.17) is 11.6 Å². The average Bonchev–Trinajstić information content (AvgIpc) is 2.61. The lowest BCUT2D eigenvalue weighted by atomic mass is 9.85. The maximum Gasteiger partial charge on any atom is 0.193 e. The summed E-state index contributed by atoms with van der Waals surface area (Å²) in [6.07, 6.45) is 6.00. The van der Waals surface area contributed by atoms with E-state index in [1.54, 1.807) is 0 Å². The third-order valence-corrected chi connectivity index (χ3v) is 4.03. The summed E-state index contributed by atoms with van der Waals surface area (Å²) in [5.41, 5.74) is 1.18. The number of aliphatic imine (C=N–C) groups is 1. The van der Waals surface area contributed by atoms with Gasteiger partial charge in [0.15, 0.2) is 5.96 Å². The largest absolute Gasteiger partial charge is 0.356 e. The van der Waals surface area contributed by atoms with Crippen molar-refractivity contribution in [1.29, 1.82) is 0 Å². The molecule has 1 N–H and O–H groups in total. The van der Waals surface area contributed by atoms with Crippen LogP contribution >= 0.6 is 11.6 Å². The summed E-state index contributed by atoms with van der Waals surface area (Å²) < 4.78 is 2.05. The van der Waals surface area contributed by atoms with Crippen LogP contribution < -0.4 is 5.32 Å². The molecule has 0 spiro atoms. The number of aryl methyl sites for hydroxylation is 1. The molecule has 0 unspecified atom stereocenters. The molecule has 1 aromatic heterocycles. The zero-order valence-corrected chi connectivity index (χ0v) is 12.7. The highest BCUT2D eigenvalue weighted by Crippen LogP contribution is 2.25. The minimum Gasteiger partial charge on any atom is -0.356 e. The van der Waals surface area contributed by atoms with Gasteiger partial charge in [-0.25, -0.2) is 0 Å². The summed E-state index contributed by atoms with van der Waals surface area (Å²) in [6.45, 7) is 1.83. The molecule has 4 nitrogen and oxygen atoms in total. The van der Waals surface area contributed by atoms with E-state index in [9.17, 15) is 0 Å². The Bertz CT molecular complexity index is 448. The summed E-state index contributed by atoms with van der Waals surface area (Å²) in [5, 5.41) is 4.23. The van der Waals surface area contributed by atoms with Crippen LogP contribution in [0, 0.1) is 5.92 Å². The Morgan fingerprint density at radius 1 is 1.58 bits per heavy atom. The molecular weight excluding hydrogens is 260 g/mol. The number of aromatic nitrogens is 1. The van der Waals surface area contributed by atoms with Crippen LogP contribution in [0.25, 0.3) is 0 Å². The molecule has 0 atom stereocenters. The van der Waals surface area contributed by atoms with Crippen molar-refractivity contribution in [3.63, 3.8) is 0 Å². The van der Waals surface area contributed by atoms with E-state index >= 15 is 0 Å². The molecule has 1 aliphatic rings. The van der Waals surface area contributed by atoms with Gasteiger partial charge in [0.1, 0.15) is 0 Å². The summed E-state index contributed by atoms with van der Waals surface area (Å²) in [4.78, 5) is 6.47. The molecule has 1 heterocycles. The predicted octanol–water partition coefficient (Wildman–Crippen LogP) is 2.49. The van der Waals surface area contributed by atoms with E-state index in [0.717, 1.165) is 30.0 Å². The number of rotatable bonds is 4. The Hall–Kier alpha value is -1.16. The highest BCUT2D eigenvalue weighted by atomic mass is 35.5. The van der Waals surface area contributed by atoms with Gasteiger partial charge in [-0.2, -0.15) is 0 Å². The van der Waals surface area contributed by atoms with Gasteiger partial charge < -0.3 is 14.8 Å². The molecule has 0 aliphatic heterocycles. The van der Waals surface area contributed by atoms with Gasteiger partial charge >= 0.3 is 0 Å². The zero-order valence-electron chi connectivity index (χ0n) is 12.0. The van der Waals surface area contributed by atoms with E-state index in [1.807, 2.05) is 26.4 Å². The molecule has 0 bridgehead atoms. The lowest BCUT2D eigenvalue weighted by Crippen LogP contribution is -2.41. The standard InChI is InChI=1S/C14H23ClN4/c1-16-14(17-8-11-5-4-6-11)19(3)10-13-7-12(15)9-18(13)2/h7,9,11H,4-6,8,10H2,1-3H3,(H,16,17). The first-order chi connectivity index (χ1) is 9.10. The number of halogens is 1. The zero-order chi connectivity index (χ0) is 13.8. The first-order valence-electron chi connectivity index (χ1n) is 6.82. The van der Waals surface area contributed by atoms with Gasteiger partial charge in [-0.1, -0.05) is 18.0 Å². The lowest BCUT2D eigenvalue weighted by Gasteiger charge is -2.28. The second-order valence-electron chi connectivity index (χ2n) is 5.34. The van der Waals surface area contributed by atoms with E-state index in [0.29, 0.717) is 0 Å². The Morgan fingerprint density at radius 2 is 2.32 bits per heavy atom. The molecule has 1 aromatic rings. The van der Waals surface area contributed by atoms with Crippen LogP contribution in [-0.4, -0.2) is 36.1 Å². The molecule has 0 amide bonds. The molecule has 1 fully saturated rings. The summed E-state index contributed by atoms with van der Waals surface area (Å²) in [6, 6.07) is 2.00. The van der Waals surface area contributed by atoms with Crippen LogP contribution in [0.3, 0.4) is 0 Å². The van der Waals surface area contributed by atoms with Crippen molar-refractivity contribution in [1.82, 2.24) is 14.8 Å². The molecule has 0 saturated heterocycles. The Kier molecular flexibility index (Phi) is 4.75. The molecule has 5 heteroatoms. The number of nitrogens with one attached hydrogen (secondary N) is 1. The SMILES string of the molecule is CN=C(NCC1CCC1)N(C)Cc1cc(Cl)cn1C. The van der Waals surface area contributed by atoms with E-state index in [2.05, 4.69) is 26.8 Å². The molecule has 2 rings (SSSR count). The second kappa shape index (κ2) is 6.33. The third-order valence-electron chi connectivity index (χ3n) is 3.82. The average molecular weight is 283 g/mol. The Balaban J connectivity index is 1.88. The lowest BCUT2D eigenvalue weighted by molar-refractivity contribution is 0.310. The number of hydrogen-bond acceptors (Lipinski definition) is 1. The Morgan fingerprint density at radius 3 is 2.79 bits per heavy atom. The first-order valence-corrected chi connectivity index (χ1v) is 7.20. The summed E-state index contributed by atoms with van der Waals surface area (Å²) in [7, 11) is 5.90. The molecule has 0 aromatic carbocycles. The van der Waals surface area contributed by atoms with Gasteiger partial charge in [0.2, 0.25) is 0 Å². The van der Waals surface area contributed by atoms with Crippen molar-refractivity contribution in [2.45, 2.75) is 25.8 Å². The molecule has 106 valence electrons. The second-order valence-corrected chi connectivity index (χ2v) is 5.78. The fourth-order valence-electron chi connectivity index (χ4n) is 2.36. The van der Waals surface area contributed by atoms with E-state index in [1.165, 1.54) is 25.0 Å². The number of guanidine groups is 1. The molecular formula is C14H23ClN4. The Labute approximate surface area is 120 Å². The minimum absolute atomic E-state index is 0.781. The molecule has 19 heavy (non-hydrogen) atoms. The van der Waals surface area contributed by atoms with Gasteiger partial charge in [-0.3, -0.25) is 4.99 Å². The van der Waals surface area contributed by atoms with Crippen molar-refractivity contribution < 1.29 is 0 Å². The van der Waals surface area contributed by atoms with Crippen LogP contribution in [-0.2, 0) is 13.6 Å². The van der Waals surface area contributed by atoms with Gasteiger partial charge in [0.05, 0.1) is 11.6 Å². The van der Waals surface area contributed by atoms with Crippen molar-refractivity contribution in [2.24, 2.45) is 18.0 Å². The van der Waals surface area contributed by atoms with Crippen molar-refractivity contribution in [3.8, 4) is 0 Å². The molecule has 1 saturated carbocycles. The van der Waals surface area contributed by atoms with Gasteiger partial charge in [-0.05, 0) is 24.8 Å². The summed E-state index contributed by atoms with van der Waals surface area (Å²) in [5.74, 6) is 1.78. The topological polar surface area (TPSA) is 32.6 Å². The van der Waals surface area contributed by atoms with Crippen LogP contribution in [0.15, 0.2) is 17.3 Å². The van der Waals surface area contributed by atoms with Crippen LogP contribution in [0.4, 0.5) is 0 Å². The van der Waals surface area contributed by atoms with Gasteiger partial charge in [0.25, 0.3) is 0 Å². The highest BCUT2D eigenvalue weighted by molar-refractivity contribution is 6.30. The number of nitrogens with zero attached hydrogens (tertiary/aromatic N) is 3. The molecule has 0 radical (unpaired) electrons. The summed E-state index contributed by atoms with van der Waals surface area (Å²) >= 11 is 6.01. The van der Waals surface area contributed by atoms with Gasteiger partial charge in [-0.15, -0.1) is 0 Å². The predicted molar refractivity (Wildman–Crippen MR) is 80.6 cm³/mol. The number of hydrogen-bond donors (Lipinski definition) is 1.